The molecule has 0 bridgehead atoms. The molecule has 1 atom stereocenters. The summed E-state index contributed by atoms with van der Waals surface area (Å²) in [7, 11) is 1.63. The van der Waals surface area contributed by atoms with Crippen molar-refractivity contribution in [2.75, 3.05) is 26.9 Å². The Morgan fingerprint density at radius 1 is 1.47 bits per heavy atom. The van der Waals surface area contributed by atoms with Gasteiger partial charge in [0.05, 0.1) is 37.8 Å². The Kier molecular flexibility index (Phi) is 5.79. The maximum Gasteiger partial charge on any atom is 0.0880 e. The van der Waals surface area contributed by atoms with Gasteiger partial charge in [-0.1, -0.05) is 0 Å². The quantitative estimate of drug-likeness (QED) is 0.365. The summed E-state index contributed by atoms with van der Waals surface area (Å²) in [5.41, 5.74) is 3.39. The average molecular weight is 212 g/mol. The van der Waals surface area contributed by atoms with Crippen LogP contribution in [0.4, 0.5) is 0 Å². The smallest absolute Gasteiger partial charge is 0.0880 e. The number of methoxy groups -OCH3 is 1. The molecule has 1 heterocycles. The standard InChI is InChI=1S/C9H16N4O2/c1-14-4-5-15-7-9(13-10)8-6-11-2-3-12-8/h2-3,6,9,13H,4-5,7,10H2,1H3. The molecule has 0 aliphatic rings. The van der Waals surface area contributed by atoms with Crippen LogP contribution in [0.5, 0.6) is 0 Å². The predicted octanol–water partition coefficient (Wildman–Crippen LogP) is -0.356. The number of rotatable bonds is 7. The van der Waals surface area contributed by atoms with Crippen LogP contribution in [0.25, 0.3) is 0 Å². The van der Waals surface area contributed by atoms with Crippen LogP contribution in [0, 0.1) is 0 Å². The second-order valence-corrected chi connectivity index (χ2v) is 2.92. The lowest BCUT2D eigenvalue weighted by Crippen LogP contribution is -2.32. The van der Waals surface area contributed by atoms with E-state index in [0.29, 0.717) is 19.8 Å². The van der Waals surface area contributed by atoms with Crippen LogP contribution in [0.15, 0.2) is 18.6 Å². The second kappa shape index (κ2) is 7.24. The highest BCUT2D eigenvalue weighted by molar-refractivity contribution is 5.01. The van der Waals surface area contributed by atoms with Crippen molar-refractivity contribution in [1.29, 1.82) is 0 Å². The van der Waals surface area contributed by atoms with Crippen LogP contribution in [0.2, 0.25) is 0 Å². The number of hydrogen-bond acceptors (Lipinski definition) is 6. The number of ether oxygens (including phenoxy) is 2. The second-order valence-electron chi connectivity index (χ2n) is 2.92. The first kappa shape index (κ1) is 12.0. The van der Waals surface area contributed by atoms with Crippen molar-refractivity contribution in [2.24, 2.45) is 5.84 Å². The van der Waals surface area contributed by atoms with E-state index in [-0.39, 0.29) is 6.04 Å². The van der Waals surface area contributed by atoms with E-state index in [2.05, 4.69) is 15.4 Å². The molecule has 0 aliphatic heterocycles. The number of nitrogens with one attached hydrogen (secondary N) is 1. The normalized spacial score (nSPS) is 12.7. The molecule has 1 aromatic rings. The van der Waals surface area contributed by atoms with Gasteiger partial charge in [-0.3, -0.25) is 15.8 Å². The minimum Gasteiger partial charge on any atom is -0.382 e. The van der Waals surface area contributed by atoms with Crippen molar-refractivity contribution in [2.45, 2.75) is 6.04 Å². The van der Waals surface area contributed by atoms with Gasteiger partial charge >= 0.3 is 0 Å². The zero-order valence-electron chi connectivity index (χ0n) is 8.72. The van der Waals surface area contributed by atoms with E-state index < -0.39 is 0 Å². The van der Waals surface area contributed by atoms with Gasteiger partial charge in [0.2, 0.25) is 0 Å². The Morgan fingerprint density at radius 2 is 2.33 bits per heavy atom. The van der Waals surface area contributed by atoms with Gasteiger partial charge in [0, 0.05) is 19.5 Å². The SMILES string of the molecule is COCCOCC(NN)c1cnccn1. The fraction of sp³-hybridized carbons (Fsp3) is 0.556. The van der Waals surface area contributed by atoms with Gasteiger partial charge in [-0.2, -0.15) is 0 Å². The fourth-order valence-electron chi connectivity index (χ4n) is 1.05. The summed E-state index contributed by atoms with van der Waals surface area (Å²) < 4.78 is 10.2. The lowest BCUT2D eigenvalue weighted by molar-refractivity contribution is 0.0579. The fourth-order valence-corrected chi connectivity index (χ4v) is 1.05. The number of hydrogen-bond donors (Lipinski definition) is 2. The minimum absolute atomic E-state index is 0.143. The van der Waals surface area contributed by atoms with E-state index in [0.717, 1.165) is 5.69 Å². The van der Waals surface area contributed by atoms with Gasteiger partial charge in [-0.15, -0.1) is 0 Å². The van der Waals surface area contributed by atoms with Crippen LogP contribution in [0.3, 0.4) is 0 Å². The molecule has 3 N–H and O–H groups in total. The molecule has 0 fully saturated rings. The van der Waals surface area contributed by atoms with E-state index in [4.69, 9.17) is 15.3 Å². The summed E-state index contributed by atoms with van der Waals surface area (Å²) in [6, 6.07) is -0.143. The first-order valence-electron chi connectivity index (χ1n) is 4.67. The van der Waals surface area contributed by atoms with Crippen molar-refractivity contribution in [3.63, 3.8) is 0 Å². The van der Waals surface area contributed by atoms with Crippen molar-refractivity contribution in [3.8, 4) is 0 Å². The van der Waals surface area contributed by atoms with Crippen molar-refractivity contribution in [1.82, 2.24) is 15.4 Å². The van der Waals surface area contributed by atoms with Gasteiger partial charge in [-0.05, 0) is 0 Å². The zero-order chi connectivity index (χ0) is 10.9. The Hall–Kier alpha value is -1.08. The Bertz CT molecular complexity index is 258. The first-order valence-corrected chi connectivity index (χ1v) is 4.67. The maximum absolute atomic E-state index is 5.39. The van der Waals surface area contributed by atoms with E-state index in [1.54, 1.807) is 25.7 Å². The van der Waals surface area contributed by atoms with Crippen LogP contribution < -0.4 is 11.3 Å². The molecule has 1 unspecified atom stereocenters. The molecule has 1 aromatic heterocycles. The van der Waals surface area contributed by atoms with Crippen molar-refractivity contribution in [3.05, 3.63) is 24.3 Å². The highest BCUT2D eigenvalue weighted by Crippen LogP contribution is 2.06. The first-order chi connectivity index (χ1) is 7.38. The molecule has 6 nitrogen and oxygen atoms in total. The Balaban J connectivity index is 2.36. The molecule has 0 aliphatic carbocycles. The third kappa shape index (κ3) is 4.30. The minimum atomic E-state index is -0.143. The third-order valence-corrected chi connectivity index (χ3v) is 1.86. The summed E-state index contributed by atoms with van der Waals surface area (Å²) in [5.74, 6) is 5.39. The molecule has 0 aromatic carbocycles. The van der Waals surface area contributed by atoms with Crippen molar-refractivity contribution >= 4 is 0 Å². The lowest BCUT2D eigenvalue weighted by Gasteiger charge is -2.14. The third-order valence-electron chi connectivity index (χ3n) is 1.86. The molecule has 0 amide bonds. The van der Waals surface area contributed by atoms with E-state index in [9.17, 15) is 0 Å². The lowest BCUT2D eigenvalue weighted by atomic mass is 10.2. The summed E-state index contributed by atoms with van der Waals surface area (Å²) in [6.45, 7) is 1.55. The molecule has 0 saturated carbocycles. The van der Waals surface area contributed by atoms with Gasteiger partial charge < -0.3 is 9.47 Å². The number of nitrogens with zero attached hydrogens (tertiary/aromatic N) is 2. The molecular formula is C9H16N4O2. The largest absolute Gasteiger partial charge is 0.382 e. The summed E-state index contributed by atoms with van der Waals surface area (Å²) in [4.78, 5) is 8.09. The number of aromatic nitrogens is 2. The molecule has 0 radical (unpaired) electrons. The number of hydrazine groups is 1. The van der Waals surface area contributed by atoms with Crippen LogP contribution in [-0.2, 0) is 9.47 Å². The van der Waals surface area contributed by atoms with E-state index in [1.807, 2.05) is 0 Å². The van der Waals surface area contributed by atoms with Gasteiger partial charge in [0.25, 0.3) is 0 Å². The zero-order valence-corrected chi connectivity index (χ0v) is 8.72. The molecule has 0 saturated heterocycles. The Morgan fingerprint density at radius 3 is 2.93 bits per heavy atom. The Labute approximate surface area is 88.8 Å². The number of nitrogens with two attached hydrogens (primary N) is 1. The van der Waals surface area contributed by atoms with E-state index in [1.165, 1.54) is 0 Å². The highest BCUT2D eigenvalue weighted by Gasteiger charge is 2.10. The molecular weight excluding hydrogens is 196 g/mol. The van der Waals surface area contributed by atoms with E-state index >= 15 is 0 Å². The van der Waals surface area contributed by atoms with Crippen LogP contribution in [0.1, 0.15) is 11.7 Å². The molecule has 84 valence electrons. The summed E-state index contributed by atoms with van der Waals surface area (Å²) >= 11 is 0. The highest BCUT2D eigenvalue weighted by atomic mass is 16.5. The van der Waals surface area contributed by atoms with Crippen LogP contribution in [-0.4, -0.2) is 36.9 Å². The maximum atomic E-state index is 5.39. The van der Waals surface area contributed by atoms with Crippen LogP contribution >= 0.6 is 0 Å². The van der Waals surface area contributed by atoms with Crippen molar-refractivity contribution < 1.29 is 9.47 Å². The average Bonchev–Trinajstić information content (AvgIpc) is 2.30. The van der Waals surface area contributed by atoms with Gasteiger partial charge in [0.15, 0.2) is 0 Å². The molecule has 1 rings (SSSR count). The summed E-state index contributed by atoms with van der Waals surface area (Å²) in [6.07, 6.45) is 4.89. The molecule has 0 spiro atoms. The molecule has 15 heavy (non-hydrogen) atoms. The monoisotopic (exact) mass is 212 g/mol. The summed E-state index contributed by atoms with van der Waals surface area (Å²) in [5, 5.41) is 0. The predicted molar refractivity (Wildman–Crippen MR) is 54.8 cm³/mol. The molecule has 6 heteroatoms. The van der Waals surface area contributed by atoms with Gasteiger partial charge in [0.1, 0.15) is 0 Å². The van der Waals surface area contributed by atoms with Gasteiger partial charge in [-0.25, -0.2) is 5.43 Å². The topological polar surface area (TPSA) is 82.3 Å².